The number of hydrogen-bond acceptors (Lipinski definition) is 6. The molecule has 0 amide bonds. The molecular formula is C14H11N3O2S2. The number of carbonyl (C=O) groups excluding carboxylic acids is 1. The van der Waals surface area contributed by atoms with Crippen LogP contribution >= 0.6 is 22.7 Å². The first kappa shape index (κ1) is 12.8. The summed E-state index contributed by atoms with van der Waals surface area (Å²) in [5.41, 5.74) is 0.866. The van der Waals surface area contributed by atoms with Crippen LogP contribution in [0.1, 0.15) is 28.9 Å². The largest absolute Gasteiger partial charge is 0.461 e. The van der Waals surface area contributed by atoms with Gasteiger partial charge in [-0.05, 0) is 18.9 Å². The Balaban J connectivity index is 1.54. The van der Waals surface area contributed by atoms with Crippen LogP contribution in [-0.4, -0.2) is 22.0 Å². The minimum absolute atomic E-state index is 0.0793. The van der Waals surface area contributed by atoms with Gasteiger partial charge in [0.2, 0.25) is 0 Å². The number of aromatic nitrogens is 2. The van der Waals surface area contributed by atoms with Crippen LogP contribution in [0.25, 0.3) is 15.3 Å². The van der Waals surface area contributed by atoms with Crippen molar-refractivity contribution in [3.8, 4) is 6.07 Å². The summed E-state index contributed by atoms with van der Waals surface area (Å²) in [4.78, 5) is 19.0. The lowest BCUT2D eigenvalue weighted by Crippen LogP contribution is -2.14. The Hall–Kier alpha value is -1.91. The van der Waals surface area contributed by atoms with Gasteiger partial charge >= 0.3 is 5.97 Å². The molecule has 3 aromatic heterocycles. The lowest BCUT2D eigenvalue weighted by Gasteiger charge is -2.10. The van der Waals surface area contributed by atoms with Crippen molar-refractivity contribution in [3.63, 3.8) is 0 Å². The zero-order valence-corrected chi connectivity index (χ0v) is 12.7. The Bertz CT molecular complexity index is 879. The van der Waals surface area contributed by atoms with E-state index in [9.17, 15) is 4.79 Å². The number of ether oxygens (including phenoxy) is 1. The molecule has 1 fully saturated rings. The molecule has 3 heterocycles. The molecule has 1 aliphatic rings. The van der Waals surface area contributed by atoms with Gasteiger partial charge < -0.3 is 4.74 Å². The molecular weight excluding hydrogens is 306 g/mol. The van der Waals surface area contributed by atoms with Crippen molar-refractivity contribution in [1.82, 2.24) is 9.38 Å². The number of esters is 1. The monoisotopic (exact) mass is 317 g/mol. The van der Waals surface area contributed by atoms with E-state index in [4.69, 9.17) is 10.00 Å². The van der Waals surface area contributed by atoms with E-state index in [-0.39, 0.29) is 11.4 Å². The average Bonchev–Trinajstić information content (AvgIpc) is 2.82. The number of fused-ring (bicyclic) bond motifs is 3. The topological polar surface area (TPSA) is 67.4 Å². The van der Waals surface area contributed by atoms with Gasteiger partial charge in [-0.3, -0.25) is 4.40 Å². The van der Waals surface area contributed by atoms with E-state index in [0.29, 0.717) is 17.9 Å². The third kappa shape index (κ3) is 2.11. The van der Waals surface area contributed by atoms with Crippen molar-refractivity contribution in [2.75, 3.05) is 6.61 Å². The second-order valence-electron chi connectivity index (χ2n) is 5.38. The lowest BCUT2D eigenvalue weighted by atomic mass is 10.1. The number of nitrogens with zero attached hydrogens (tertiary/aromatic N) is 3. The first-order valence-electron chi connectivity index (χ1n) is 6.60. The van der Waals surface area contributed by atoms with Crippen LogP contribution < -0.4 is 0 Å². The number of thiazole rings is 1. The maximum Gasteiger partial charge on any atom is 0.348 e. The summed E-state index contributed by atoms with van der Waals surface area (Å²) in [7, 11) is 0. The highest BCUT2D eigenvalue weighted by atomic mass is 32.1. The maximum absolute atomic E-state index is 12.1. The summed E-state index contributed by atoms with van der Waals surface area (Å²) in [5, 5.41) is 10.7. The Morgan fingerprint density at radius 2 is 2.43 bits per heavy atom. The normalized spacial score (nSPS) is 16.1. The van der Waals surface area contributed by atoms with E-state index in [1.165, 1.54) is 11.3 Å². The van der Waals surface area contributed by atoms with Gasteiger partial charge in [0, 0.05) is 23.4 Å². The van der Waals surface area contributed by atoms with E-state index >= 15 is 0 Å². The van der Waals surface area contributed by atoms with Crippen molar-refractivity contribution in [2.24, 2.45) is 5.41 Å². The predicted octanol–water partition coefficient (Wildman–Crippen LogP) is 3.46. The molecule has 0 bridgehead atoms. The quantitative estimate of drug-likeness (QED) is 0.691. The van der Waals surface area contributed by atoms with Crippen molar-refractivity contribution >= 4 is 44.0 Å². The van der Waals surface area contributed by atoms with Crippen LogP contribution in [0.3, 0.4) is 0 Å². The molecule has 5 nitrogen and oxygen atoms in total. The number of imidazole rings is 1. The fraction of sp³-hybridized carbons (Fsp3) is 0.357. The molecule has 7 heteroatoms. The molecule has 0 unspecified atom stereocenters. The van der Waals surface area contributed by atoms with Crippen molar-refractivity contribution < 1.29 is 9.53 Å². The van der Waals surface area contributed by atoms with Gasteiger partial charge in [-0.2, -0.15) is 5.26 Å². The number of hydrogen-bond donors (Lipinski definition) is 0. The fourth-order valence-electron chi connectivity index (χ4n) is 2.35. The molecule has 0 aliphatic heterocycles. The smallest absolute Gasteiger partial charge is 0.348 e. The summed E-state index contributed by atoms with van der Waals surface area (Å²) in [5.74, 6) is -0.314. The summed E-state index contributed by atoms with van der Waals surface area (Å²) in [6.07, 6.45) is 4.35. The third-order valence-electron chi connectivity index (χ3n) is 3.86. The molecule has 21 heavy (non-hydrogen) atoms. The van der Waals surface area contributed by atoms with Crippen LogP contribution in [0, 0.1) is 16.7 Å². The predicted molar refractivity (Wildman–Crippen MR) is 80.6 cm³/mol. The molecule has 0 saturated heterocycles. The van der Waals surface area contributed by atoms with Crippen molar-refractivity contribution in [3.05, 3.63) is 22.5 Å². The van der Waals surface area contributed by atoms with Gasteiger partial charge in [-0.1, -0.05) is 0 Å². The number of thiophene rings is 1. The standard InChI is InChI=1S/C14H11N3O2S2/c15-4-3-14(1-2-14)8-19-12(18)10-7-9-11(21-10)16-13-17(9)5-6-20-13/h5-7H,1-3,8H2. The van der Waals surface area contributed by atoms with Crippen LogP contribution in [0.5, 0.6) is 0 Å². The zero-order chi connectivity index (χ0) is 14.4. The van der Waals surface area contributed by atoms with E-state index in [1.54, 1.807) is 11.3 Å². The van der Waals surface area contributed by atoms with E-state index in [0.717, 1.165) is 28.1 Å². The number of nitriles is 1. The van der Waals surface area contributed by atoms with Gasteiger partial charge in [0.05, 0.1) is 18.2 Å². The first-order valence-corrected chi connectivity index (χ1v) is 8.30. The molecule has 106 valence electrons. The molecule has 0 spiro atoms. The number of rotatable bonds is 4. The lowest BCUT2D eigenvalue weighted by molar-refractivity contribution is 0.0425. The Morgan fingerprint density at radius 3 is 3.19 bits per heavy atom. The van der Waals surface area contributed by atoms with Gasteiger partial charge in [-0.15, -0.1) is 22.7 Å². The van der Waals surface area contributed by atoms with Crippen molar-refractivity contribution in [2.45, 2.75) is 19.3 Å². The van der Waals surface area contributed by atoms with Gasteiger partial charge in [0.25, 0.3) is 0 Å². The van der Waals surface area contributed by atoms with Gasteiger partial charge in [0.1, 0.15) is 9.71 Å². The summed E-state index contributed by atoms with van der Waals surface area (Å²) in [6, 6.07) is 4.00. The van der Waals surface area contributed by atoms with Gasteiger partial charge in [0.15, 0.2) is 4.96 Å². The van der Waals surface area contributed by atoms with Crippen LogP contribution in [0.15, 0.2) is 17.6 Å². The van der Waals surface area contributed by atoms with E-state index < -0.39 is 0 Å². The highest BCUT2D eigenvalue weighted by Crippen LogP contribution is 2.48. The fourth-order valence-corrected chi connectivity index (χ4v) is 4.05. The second kappa shape index (κ2) is 4.55. The molecule has 0 aromatic carbocycles. The molecule has 0 N–H and O–H groups in total. The van der Waals surface area contributed by atoms with E-state index in [2.05, 4.69) is 11.1 Å². The van der Waals surface area contributed by atoms with Crippen molar-refractivity contribution in [1.29, 1.82) is 5.26 Å². The molecule has 3 aromatic rings. The highest BCUT2D eigenvalue weighted by molar-refractivity contribution is 7.21. The number of carbonyl (C=O) groups is 1. The summed E-state index contributed by atoms with van der Waals surface area (Å²) >= 11 is 2.93. The molecule has 1 saturated carbocycles. The summed E-state index contributed by atoms with van der Waals surface area (Å²) in [6.45, 7) is 0.343. The molecule has 4 rings (SSSR count). The highest BCUT2D eigenvalue weighted by Gasteiger charge is 2.43. The first-order chi connectivity index (χ1) is 10.2. The van der Waals surface area contributed by atoms with Gasteiger partial charge in [-0.25, -0.2) is 9.78 Å². The summed E-state index contributed by atoms with van der Waals surface area (Å²) < 4.78 is 7.36. The Labute approximate surface area is 128 Å². The van der Waals surface area contributed by atoms with Crippen LogP contribution in [0.2, 0.25) is 0 Å². The molecule has 0 radical (unpaired) electrons. The van der Waals surface area contributed by atoms with E-state index in [1.807, 2.05) is 22.0 Å². The zero-order valence-electron chi connectivity index (χ0n) is 11.0. The minimum Gasteiger partial charge on any atom is -0.461 e. The Morgan fingerprint density at radius 1 is 1.57 bits per heavy atom. The SMILES string of the molecule is N#CCC1(COC(=O)c2cc3c(nc4sccn43)s2)CC1. The Kier molecular flexibility index (Phi) is 2.77. The average molecular weight is 317 g/mol. The second-order valence-corrected chi connectivity index (χ2v) is 7.28. The maximum atomic E-state index is 12.1. The van der Waals surface area contributed by atoms with Crippen LogP contribution in [0.4, 0.5) is 0 Å². The molecule has 0 atom stereocenters. The van der Waals surface area contributed by atoms with Crippen LogP contribution in [-0.2, 0) is 4.74 Å². The molecule has 1 aliphatic carbocycles. The minimum atomic E-state index is -0.314. The third-order valence-corrected chi connectivity index (χ3v) is 5.62.